The largest absolute Gasteiger partial charge is 0.508 e. The SMILES string of the molecule is CC(C)C[C@H](NC(=O)[C@H](C)N)C(=O)N[C@@H](CS)C(=O)NCC(=O)N[C@@H](CO)C(=O)N[C@@H](C)C(=O)N[C@@H](CS)C(=O)N[C@@H](CC(C)C)C(=O)N[C@@H](Cc1ccc(O)cc1)C(=O)NCC(=O)NCC(=O)N[C@@H](CCCCN)C(=O)O. The van der Waals surface area contributed by atoms with Gasteiger partial charge in [-0.05, 0) is 82.0 Å². The summed E-state index contributed by atoms with van der Waals surface area (Å²) < 4.78 is 0. The fourth-order valence-corrected chi connectivity index (χ4v) is 7.44. The number of hydrogen-bond donors (Lipinski definition) is 18. The molecular formula is C48H79N13O15S2. The van der Waals surface area contributed by atoms with Crippen molar-refractivity contribution in [3.63, 3.8) is 0 Å². The van der Waals surface area contributed by atoms with Crippen molar-refractivity contribution in [1.82, 2.24) is 58.5 Å². The number of phenols is 1. The number of phenolic OH excluding ortho intramolecular Hbond substituents is 1. The summed E-state index contributed by atoms with van der Waals surface area (Å²) in [5.41, 5.74) is 11.5. The van der Waals surface area contributed by atoms with Crippen molar-refractivity contribution >= 4 is 96.2 Å². The first kappa shape index (κ1) is 69.3. The van der Waals surface area contributed by atoms with Gasteiger partial charge in [-0.15, -0.1) is 0 Å². The van der Waals surface area contributed by atoms with Gasteiger partial charge < -0.3 is 85.3 Å². The first-order chi connectivity index (χ1) is 36.6. The summed E-state index contributed by atoms with van der Waals surface area (Å²) in [6.07, 6.45) is 1.17. The van der Waals surface area contributed by atoms with E-state index in [4.69, 9.17) is 11.5 Å². The van der Waals surface area contributed by atoms with E-state index in [1.165, 1.54) is 38.1 Å². The number of carbonyl (C=O) groups excluding carboxylic acids is 11. The van der Waals surface area contributed by atoms with Gasteiger partial charge in [-0.25, -0.2) is 4.79 Å². The van der Waals surface area contributed by atoms with Crippen molar-refractivity contribution in [2.75, 3.05) is 44.3 Å². The Labute approximate surface area is 463 Å². The fourth-order valence-electron chi connectivity index (χ4n) is 6.92. The Morgan fingerprint density at radius 2 is 0.923 bits per heavy atom. The van der Waals surface area contributed by atoms with E-state index in [1.54, 1.807) is 13.8 Å². The van der Waals surface area contributed by atoms with Crippen LogP contribution in [0.15, 0.2) is 24.3 Å². The van der Waals surface area contributed by atoms with Crippen LogP contribution in [-0.4, -0.2) is 185 Å². The number of thiol groups is 2. The summed E-state index contributed by atoms with van der Waals surface area (Å²) in [4.78, 5) is 155. The lowest BCUT2D eigenvalue weighted by molar-refractivity contribution is -0.142. The molecule has 18 N–H and O–H groups in total. The van der Waals surface area contributed by atoms with E-state index in [9.17, 15) is 72.9 Å². The zero-order valence-electron chi connectivity index (χ0n) is 44.6. The first-order valence-electron chi connectivity index (χ1n) is 25.2. The van der Waals surface area contributed by atoms with Crippen LogP contribution in [-0.2, 0) is 64.0 Å². The number of nitrogens with two attached hydrogens (primary N) is 2. The zero-order valence-corrected chi connectivity index (χ0v) is 46.4. The summed E-state index contributed by atoms with van der Waals surface area (Å²) in [7, 11) is 0. The van der Waals surface area contributed by atoms with Crippen LogP contribution in [0.4, 0.5) is 0 Å². The first-order valence-corrected chi connectivity index (χ1v) is 26.4. The molecule has 438 valence electrons. The average Bonchev–Trinajstić information content (AvgIpc) is 3.37. The summed E-state index contributed by atoms with van der Waals surface area (Å²) in [6, 6.07) is -5.89. The third-order valence-corrected chi connectivity index (χ3v) is 11.9. The lowest BCUT2D eigenvalue weighted by Crippen LogP contribution is -2.60. The van der Waals surface area contributed by atoms with E-state index >= 15 is 0 Å². The van der Waals surface area contributed by atoms with Gasteiger partial charge in [0.05, 0.1) is 32.3 Å². The molecule has 0 saturated carbocycles. The lowest BCUT2D eigenvalue weighted by atomic mass is 10.0. The van der Waals surface area contributed by atoms with Gasteiger partial charge in [0.1, 0.15) is 54.1 Å². The molecule has 0 spiro atoms. The van der Waals surface area contributed by atoms with Crippen LogP contribution in [0, 0.1) is 11.8 Å². The predicted octanol–water partition coefficient (Wildman–Crippen LogP) is -5.31. The van der Waals surface area contributed by atoms with Gasteiger partial charge in [0.2, 0.25) is 65.0 Å². The molecule has 78 heavy (non-hydrogen) atoms. The average molecular weight is 1140 g/mol. The number of amides is 11. The molecule has 1 aromatic carbocycles. The minimum Gasteiger partial charge on any atom is -0.508 e. The normalized spacial score (nSPS) is 14.5. The predicted molar refractivity (Wildman–Crippen MR) is 290 cm³/mol. The van der Waals surface area contributed by atoms with Crippen LogP contribution in [0.5, 0.6) is 5.75 Å². The van der Waals surface area contributed by atoms with Crippen molar-refractivity contribution in [3.8, 4) is 5.75 Å². The Balaban J connectivity index is 3.00. The molecule has 1 aromatic rings. The Morgan fingerprint density at radius 1 is 0.500 bits per heavy atom. The number of benzene rings is 1. The van der Waals surface area contributed by atoms with Crippen LogP contribution in [0.25, 0.3) is 0 Å². The Hall–Kier alpha value is -6.76. The number of aliphatic carboxylic acids is 1. The number of aromatic hydroxyl groups is 1. The van der Waals surface area contributed by atoms with Gasteiger partial charge in [-0.2, -0.15) is 25.3 Å². The summed E-state index contributed by atoms with van der Waals surface area (Å²) in [5, 5.41) is 55.5. The highest BCUT2D eigenvalue weighted by Crippen LogP contribution is 2.13. The molecule has 0 fully saturated rings. The van der Waals surface area contributed by atoms with Crippen LogP contribution in [0.3, 0.4) is 0 Å². The van der Waals surface area contributed by atoms with Crippen molar-refractivity contribution in [3.05, 3.63) is 29.8 Å². The number of carboxylic acid groups (broad SMARTS) is 1. The van der Waals surface area contributed by atoms with Gasteiger partial charge in [0, 0.05) is 17.9 Å². The molecule has 0 saturated heterocycles. The van der Waals surface area contributed by atoms with Crippen LogP contribution < -0.4 is 70.0 Å². The quantitative estimate of drug-likeness (QED) is 0.0220. The molecule has 0 aliphatic heterocycles. The molecule has 0 bridgehead atoms. The van der Waals surface area contributed by atoms with Crippen molar-refractivity contribution in [2.45, 2.75) is 134 Å². The van der Waals surface area contributed by atoms with Crippen molar-refractivity contribution in [2.24, 2.45) is 23.3 Å². The molecule has 0 aliphatic carbocycles. The summed E-state index contributed by atoms with van der Waals surface area (Å²) in [5.74, 6) is -11.4. The number of hydrogen-bond acceptors (Lipinski definition) is 18. The number of nitrogens with one attached hydrogen (secondary N) is 11. The molecule has 0 aliphatic rings. The van der Waals surface area contributed by atoms with E-state index in [-0.39, 0.29) is 54.8 Å². The molecule has 11 amide bonds. The third-order valence-electron chi connectivity index (χ3n) is 11.2. The van der Waals surface area contributed by atoms with Crippen molar-refractivity contribution in [1.29, 1.82) is 0 Å². The Kier molecular flexibility index (Phi) is 32.3. The van der Waals surface area contributed by atoms with Gasteiger partial charge >= 0.3 is 5.97 Å². The zero-order chi connectivity index (χ0) is 59.2. The van der Waals surface area contributed by atoms with Gasteiger partial charge in [0.15, 0.2) is 0 Å². The second kappa shape index (κ2) is 36.4. The number of unbranched alkanes of at least 4 members (excludes halogenated alkanes) is 1. The number of aliphatic hydroxyl groups excluding tert-OH is 1. The smallest absolute Gasteiger partial charge is 0.326 e. The van der Waals surface area contributed by atoms with Gasteiger partial charge in [0.25, 0.3) is 0 Å². The second-order valence-corrected chi connectivity index (χ2v) is 19.8. The van der Waals surface area contributed by atoms with Crippen LogP contribution in [0.1, 0.15) is 79.2 Å². The third kappa shape index (κ3) is 27.0. The number of rotatable bonds is 36. The maximum absolute atomic E-state index is 13.9. The standard InChI is InChI=1S/C48H79N13O15S2/c1-24(2)15-31(57-40(67)26(5)50)45(72)61-35(22-77)43(70)53-20-39(66)56-34(21-62)46(73)54-27(6)41(68)60-36(23-78)47(74)58-32(16-25(3)4)44(71)59-33(17-28-10-12-29(63)13-11-28)42(69)52-18-37(64)51-19-38(65)55-30(48(75)76)9-7-8-14-49/h10-13,24-27,30-36,62-63,77-78H,7-9,14-23,49-50H2,1-6H3,(H,51,64)(H,52,69)(H,53,70)(H,54,73)(H,55,65)(H,56,66)(H,57,67)(H,58,74)(H,59,71)(H,60,68)(H,61,72)(H,75,76)/t26-,27-,30-,31-,32-,33-,34-,35-,36-/m0/s1. The fraction of sp³-hybridized carbons (Fsp3) is 0.625. The number of aliphatic hydroxyl groups is 1. The Bertz CT molecular complexity index is 2210. The monoisotopic (exact) mass is 1140 g/mol. The number of carbonyl (C=O) groups is 12. The Morgan fingerprint density at radius 3 is 1.41 bits per heavy atom. The summed E-state index contributed by atoms with van der Waals surface area (Å²) >= 11 is 8.29. The van der Waals surface area contributed by atoms with Crippen LogP contribution >= 0.6 is 25.3 Å². The molecule has 30 heteroatoms. The van der Waals surface area contributed by atoms with E-state index in [0.29, 0.717) is 24.9 Å². The molecule has 28 nitrogen and oxygen atoms in total. The van der Waals surface area contributed by atoms with E-state index in [0.717, 1.165) is 0 Å². The maximum Gasteiger partial charge on any atom is 0.326 e. The van der Waals surface area contributed by atoms with E-state index < -0.39 is 152 Å². The highest BCUT2D eigenvalue weighted by Gasteiger charge is 2.33. The lowest BCUT2D eigenvalue weighted by Gasteiger charge is -2.26. The van der Waals surface area contributed by atoms with Crippen molar-refractivity contribution < 1.29 is 72.9 Å². The van der Waals surface area contributed by atoms with E-state index in [1.807, 2.05) is 13.8 Å². The van der Waals surface area contributed by atoms with Crippen LogP contribution in [0.2, 0.25) is 0 Å². The highest BCUT2D eigenvalue weighted by atomic mass is 32.1. The second-order valence-electron chi connectivity index (χ2n) is 19.1. The molecule has 9 atom stereocenters. The molecule has 0 unspecified atom stereocenters. The minimum atomic E-state index is -1.64. The van der Waals surface area contributed by atoms with Gasteiger partial charge in [-0.3, -0.25) is 52.7 Å². The highest BCUT2D eigenvalue weighted by molar-refractivity contribution is 7.80. The molecule has 0 aromatic heterocycles. The minimum absolute atomic E-state index is 0.0180. The summed E-state index contributed by atoms with van der Waals surface area (Å²) in [6.45, 7) is 7.17. The number of carboxylic acids is 1. The molecule has 0 heterocycles. The van der Waals surface area contributed by atoms with Gasteiger partial charge in [-0.1, -0.05) is 39.8 Å². The van der Waals surface area contributed by atoms with E-state index in [2.05, 4.69) is 83.7 Å². The topological polar surface area (TPSA) is 450 Å². The maximum atomic E-state index is 13.9. The molecular weight excluding hydrogens is 1060 g/mol. The molecule has 1 rings (SSSR count). The molecule has 0 radical (unpaired) electrons.